The van der Waals surface area contributed by atoms with Gasteiger partial charge in [-0.2, -0.15) is 26.3 Å². The van der Waals surface area contributed by atoms with Gasteiger partial charge in [0, 0.05) is 81.9 Å². The van der Waals surface area contributed by atoms with Gasteiger partial charge in [-0.05, 0) is 56.4 Å². The third-order valence-corrected chi connectivity index (χ3v) is 10.2. The topological polar surface area (TPSA) is 64.9 Å². The normalized spacial score (nSPS) is 22.9. The van der Waals surface area contributed by atoms with Gasteiger partial charge in [-0.15, -0.1) is 0 Å². The zero-order valence-electron chi connectivity index (χ0n) is 27.3. The van der Waals surface area contributed by atoms with Gasteiger partial charge in [-0.3, -0.25) is 19.4 Å². The maximum atomic E-state index is 13.7. The molecule has 2 amide bonds. The van der Waals surface area contributed by atoms with E-state index in [0.717, 1.165) is 44.0 Å². The molecule has 3 aromatic rings. The molecule has 1 aromatic heterocycles. The minimum Gasteiger partial charge on any atom is -0.340 e. The van der Waals surface area contributed by atoms with Crippen LogP contribution in [0, 0.1) is 6.92 Å². The number of hydrogen-bond donors (Lipinski definition) is 0. The zero-order chi connectivity index (χ0) is 34.9. The van der Waals surface area contributed by atoms with Crippen molar-refractivity contribution < 1.29 is 35.9 Å². The van der Waals surface area contributed by atoms with Crippen molar-refractivity contribution in [2.75, 3.05) is 45.8 Å². The van der Waals surface area contributed by atoms with Gasteiger partial charge in [0.2, 0.25) is 5.91 Å². The minimum absolute atomic E-state index is 0.0490. The highest BCUT2D eigenvalue weighted by atomic mass is 19.4. The fourth-order valence-electron chi connectivity index (χ4n) is 7.50. The van der Waals surface area contributed by atoms with Crippen molar-refractivity contribution in [1.82, 2.24) is 29.2 Å². The highest BCUT2D eigenvalue weighted by molar-refractivity contribution is 5.95. The third kappa shape index (κ3) is 8.12. The summed E-state index contributed by atoms with van der Waals surface area (Å²) in [6, 6.07) is 10.5. The number of piperazine rings is 1. The first-order valence-corrected chi connectivity index (χ1v) is 16.6. The quantitative estimate of drug-likeness (QED) is 0.313. The van der Waals surface area contributed by atoms with Crippen LogP contribution in [0.4, 0.5) is 26.3 Å². The Bertz CT molecular complexity index is 1590. The summed E-state index contributed by atoms with van der Waals surface area (Å²) >= 11 is 0. The second-order valence-electron chi connectivity index (χ2n) is 13.3. The first-order chi connectivity index (χ1) is 23.3. The van der Waals surface area contributed by atoms with Crippen molar-refractivity contribution >= 4 is 11.8 Å². The Morgan fingerprint density at radius 1 is 0.816 bits per heavy atom. The first-order valence-electron chi connectivity index (χ1n) is 16.6. The Labute approximate surface area is 281 Å². The second kappa shape index (κ2) is 14.1. The van der Waals surface area contributed by atoms with Crippen molar-refractivity contribution in [2.24, 2.45) is 0 Å². The maximum absolute atomic E-state index is 13.7. The summed E-state index contributed by atoms with van der Waals surface area (Å²) in [5, 5.41) is 0. The smallest absolute Gasteiger partial charge is 0.340 e. The molecule has 3 fully saturated rings. The van der Waals surface area contributed by atoms with Crippen molar-refractivity contribution in [2.45, 2.75) is 69.6 Å². The molecule has 49 heavy (non-hydrogen) atoms. The summed E-state index contributed by atoms with van der Waals surface area (Å²) in [6.07, 6.45) is -4.16. The van der Waals surface area contributed by atoms with Crippen molar-refractivity contribution in [3.63, 3.8) is 0 Å². The van der Waals surface area contributed by atoms with Crippen LogP contribution in [-0.4, -0.2) is 105 Å². The maximum Gasteiger partial charge on any atom is 0.416 e. The monoisotopic (exact) mass is 690 g/mol. The van der Waals surface area contributed by atoms with E-state index in [1.807, 2.05) is 46.7 Å². The second-order valence-corrected chi connectivity index (χ2v) is 13.3. The average molecular weight is 691 g/mol. The van der Waals surface area contributed by atoms with E-state index in [0.29, 0.717) is 44.5 Å². The number of benzene rings is 2. The number of carbonyl (C=O) groups is 2. The lowest BCUT2D eigenvalue weighted by Crippen LogP contribution is -2.58. The summed E-state index contributed by atoms with van der Waals surface area (Å²) in [6.45, 7) is 6.97. The third-order valence-electron chi connectivity index (χ3n) is 10.2. The number of amides is 2. The molecule has 264 valence electrons. The number of rotatable bonds is 7. The number of hydrogen-bond acceptors (Lipinski definition) is 5. The summed E-state index contributed by atoms with van der Waals surface area (Å²) in [7, 11) is 0. The molecule has 0 saturated carbocycles. The number of halogens is 6. The van der Waals surface area contributed by atoms with Crippen LogP contribution in [0.5, 0.6) is 0 Å². The molecule has 14 heteroatoms. The Balaban J connectivity index is 1.11. The fraction of sp³-hybridized carbons (Fsp3) is 0.514. The lowest BCUT2D eigenvalue weighted by Gasteiger charge is -2.47. The van der Waals surface area contributed by atoms with Gasteiger partial charge < -0.3 is 14.4 Å². The molecule has 6 rings (SSSR count). The van der Waals surface area contributed by atoms with Crippen LogP contribution < -0.4 is 0 Å². The van der Waals surface area contributed by atoms with Crippen molar-refractivity contribution in [1.29, 1.82) is 0 Å². The van der Waals surface area contributed by atoms with Crippen LogP contribution in [0.2, 0.25) is 0 Å². The molecular weight excluding hydrogens is 650 g/mol. The lowest BCUT2D eigenvalue weighted by atomic mass is 9.90. The highest BCUT2D eigenvalue weighted by Crippen LogP contribution is 2.37. The number of aromatic nitrogens is 2. The van der Waals surface area contributed by atoms with E-state index in [1.165, 1.54) is 4.90 Å². The number of piperidine rings is 1. The summed E-state index contributed by atoms with van der Waals surface area (Å²) in [4.78, 5) is 39.1. The van der Waals surface area contributed by atoms with Crippen LogP contribution in [0.15, 0.2) is 60.9 Å². The lowest BCUT2D eigenvalue weighted by molar-refractivity contribution is -0.143. The molecule has 0 N–H and O–H groups in total. The Kier molecular flexibility index (Phi) is 10.1. The zero-order valence-corrected chi connectivity index (χ0v) is 27.3. The van der Waals surface area contributed by atoms with E-state index in [4.69, 9.17) is 0 Å². The van der Waals surface area contributed by atoms with Crippen LogP contribution in [0.3, 0.4) is 0 Å². The molecule has 3 atom stereocenters. The van der Waals surface area contributed by atoms with Crippen LogP contribution >= 0.6 is 0 Å². The van der Waals surface area contributed by atoms with E-state index in [9.17, 15) is 35.9 Å². The summed E-state index contributed by atoms with van der Waals surface area (Å²) in [5.74, 6) is 0.0461. The standard InChI is InChI=1S/C35H40F6N6O2/c1-24-42-9-12-45(24)23-32(48)46-10-7-30(22-46)44-15-13-43(14-16-44)29-8-11-47(31(21-29)17-25-5-3-2-4-6-25)33(49)26-18-27(34(36,37)38)20-28(19-26)35(39,40)41/h2-6,9,12,18-20,29-31H,7-8,10-11,13-17,21-23H2,1H3. The molecule has 3 saturated heterocycles. The molecule has 3 unspecified atom stereocenters. The van der Waals surface area contributed by atoms with Gasteiger partial charge in [0.05, 0.1) is 11.1 Å². The number of alkyl halides is 6. The first kappa shape index (κ1) is 34.9. The predicted molar refractivity (Wildman–Crippen MR) is 170 cm³/mol. The molecule has 8 nitrogen and oxygen atoms in total. The Hall–Kier alpha value is -3.91. The molecule has 2 aromatic carbocycles. The fourth-order valence-corrected chi connectivity index (χ4v) is 7.50. The number of aryl methyl sites for hydroxylation is 1. The Morgan fingerprint density at radius 3 is 2.02 bits per heavy atom. The number of imidazole rings is 1. The molecular formula is C35H40F6N6O2. The number of likely N-dealkylation sites (tertiary alicyclic amines) is 2. The molecule has 0 bridgehead atoms. The molecule has 4 heterocycles. The van der Waals surface area contributed by atoms with Gasteiger partial charge in [0.15, 0.2) is 0 Å². The summed E-state index contributed by atoms with van der Waals surface area (Å²) < 4.78 is 83.5. The van der Waals surface area contributed by atoms with E-state index < -0.39 is 41.0 Å². The molecule has 0 aliphatic carbocycles. The van der Waals surface area contributed by atoms with Gasteiger partial charge in [0.25, 0.3) is 5.91 Å². The largest absolute Gasteiger partial charge is 0.416 e. The summed E-state index contributed by atoms with van der Waals surface area (Å²) in [5.41, 5.74) is -2.68. The van der Waals surface area contributed by atoms with E-state index in [1.54, 1.807) is 12.4 Å². The van der Waals surface area contributed by atoms with Crippen LogP contribution in [0.1, 0.15) is 52.1 Å². The van der Waals surface area contributed by atoms with E-state index in [2.05, 4.69) is 14.8 Å². The van der Waals surface area contributed by atoms with E-state index in [-0.39, 0.29) is 37.1 Å². The molecule has 0 spiro atoms. The van der Waals surface area contributed by atoms with E-state index >= 15 is 0 Å². The van der Waals surface area contributed by atoms with Gasteiger partial charge in [-0.25, -0.2) is 4.98 Å². The van der Waals surface area contributed by atoms with Crippen LogP contribution in [-0.2, 0) is 30.1 Å². The molecule has 0 radical (unpaired) electrons. The van der Waals surface area contributed by atoms with Crippen molar-refractivity contribution in [3.8, 4) is 0 Å². The molecule has 3 aliphatic heterocycles. The van der Waals surface area contributed by atoms with Crippen molar-refractivity contribution in [3.05, 3.63) is 89.0 Å². The predicted octanol–water partition coefficient (Wildman–Crippen LogP) is 5.36. The SMILES string of the molecule is Cc1nccn1CC(=O)N1CCC(N2CCN(C3CCN(C(=O)c4cc(C(F)(F)F)cc(C(F)(F)F)c4)C(Cc4ccccc4)C3)CC2)C1. The highest BCUT2D eigenvalue weighted by Gasteiger charge is 2.41. The van der Waals surface area contributed by atoms with Gasteiger partial charge >= 0.3 is 12.4 Å². The Morgan fingerprint density at radius 2 is 1.43 bits per heavy atom. The molecule has 3 aliphatic rings. The van der Waals surface area contributed by atoms with Crippen LogP contribution in [0.25, 0.3) is 0 Å². The number of carbonyl (C=O) groups excluding carboxylic acids is 2. The van der Waals surface area contributed by atoms with Gasteiger partial charge in [0.1, 0.15) is 12.4 Å². The van der Waals surface area contributed by atoms with Gasteiger partial charge in [-0.1, -0.05) is 30.3 Å². The number of nitrogens with zero attached hydrogens (tertiary/aromatic N) is 6. The minimum atomic E-state index is -5.04. The average Bonchev–Trinajstić information content (AvgIpc) is 3.73.